The van der Waals surface area contributed by atoms with Crippen LogP contribution in [0.1, 0.15) is 27.9 Å². The van der Waals surface area contributed by atoms with E-state index in [2.05, 4.69) is 0 Å². The number of ether oxygens (including phenoxy) is 1. The highest BCUT2D eigenvalue weighted by atomic mass is 16.6. The number of rotatable bonds is 3. The Morgan fingerprint density at radius 2 is 1.87 bits per heavy atom. The summed E-state index contributed by atoms with van der Waals surface area (Å²) in [6.45, 7) is 0. The molecule has 2 aromatic rings. The number of methoxy groups -OCH3 is 1. The summed E-state index contributed by atoms with van der Waals surface area (Å²) in [5.74, 6) is 0.619. The van der Waals surface area contributed by atoms with Crippen molar-refractivity contribution in [1.29, 1.82) is 0 Å². The SMILES string of the molecule is COc1ccc(C=C2CCc3ccc([N+](=O)[O-])cc3C2=O)cc1. The second kappa shape index (κ2) is 6.04. The molecule has 0 heterocycles. The molecule has 23 heavy (non-hydrogen) atoms. The Labute approximate surface area is 133 Å². The maximum atomic E-state index is 12.6. The molecule has 0 spiro atoms. The van der Waals surface area contributed by atoms with Crippen LogP contribution in [-0.4, -0.2) is 17.8 Å². The van der Waals surface area contributed by atoms with Crippen LogP contribution < -0.4 is 4.74 Å². The highest BCUT2D eigenvalue weighted by molar-refractivity contribution is 6.13. The van der Waals surface area contributed by atoms with Gasteiger partial charge in [-0.25, -0.2) is 0 Å². The van der Waals surface area contributed by atoms with Crippen molar-refractivity contribution in [2.75, 3.05) is 7.11 Å². The van der Waals surface area contributed by atoms with Gasteiger partial charge in [0.25, 0.3) is 5.69 Å². The summed E-state index contributed by atoms with van der Waals surface area (Å²) in [4.78, 5) is 23.0. The summed E-state index contributed by atoms with van der Waals surface area (Å²) in [5, 5.41) is 10.9. The third-order valence-corrected chi connectivity index (χ3v) is 3.96. The molecule has 0 aromatic heterocycles. The zero-order valence-corrected chi connectivity index (χ0v) is 12.6. The zero-order chi connectivity index (χ0) is 16.4. The molecule has 0 saturated heterocycles. The third kappa shape index (κ3) is 2.99. The molecule has 0 N–H and O–H groups in total. The van der Waals surface area contributed by atoms with Gasteiger partial charge >= 0.3 is 0 Å². The Bertz CT molecular complexity index is 806. The van der Waals surface area contributed by atoms with Gasteiger partial charge in [0.2, 0.25) is 0 Å². The lowest BCUT2D eigenvalue weighted by atomic mass is 9.86. The number of carbonyl (C=O) groups is 1. The predicted molar refractivity (Wildman–Crippen MR) is 86.7 cm³/mol. The number of nitro groups is 1. The Hall–Kier alpha value is -2.95. The fourth-order valence-electron chi connectivity index (χ4n) is 2.70. The van der Waals surface area contributed by atoms with Crippen LogP contribution in [0.4, 0.5) is 5.69 Å². The number of nitrogens with zero attached hydrogens (tertiary/aromatic N) is 1. The second-order valence-electron chi connectivity index (χ2n) is 5.37. The van der Waals surface area contributed by atoms with E-state index < -0.39 is 4.92 Å². The van der Waals surface area contributed by atoms with Crippen LogP contribution in [0, 0.1) is 10.1 Å². The number of non-ortho nitro benzene ring substituents is 1. The molecule has 0 aliphatic heterocycles. The summed E-state index contributed by atoms with van der Waals surface area (Å²) in [6.07, 6.45) is 3.18. The molecule has 0 atom stereocenters. The van der Waals surface area contributed by atoms with Crippen molar-refractivity contribution < 1.29 is 14.5 Å². The van der Waals surface area contributed by atoms with Crippen molar-refractivity contribution in [3.63, 3.8) is 0 Å². The maximum absolute atomic E-state index is 12.6. The standard InChI is InChI=1S/C18H15NO4/c1-23-16-8-2-12(3-9-16)10-14-5-4-13-6-7-15(19(21)22)11-17(13)18(14)20/h2-3,6-11H,4-5H2,1H3. The molecule has 0 amide bonds. The molecule has 116 valence electrons. The van der Waals surface area contributed by atoms with Crippen molar-refractivity contribution in [3.05, 3.63) is 74.8 Å². The Balaban J connectivity index is 1.94. The van der Waals surface area contributed by atoms with Crippen LogP contribution in [0.25, 0.3) is 6.08 Å². The molecule has 1 aliphatic carbocycles. The highest BCUT2D eigenvalue weighted by Crippen LogP contribution is 2.29. The molecule has 2 aromatic carbocycles. The predicted octanol–water partition coefficient (Wildman–Crippen LogP) is 3.82. The molecular weight excluding hydrogens is 294 g/mol. The van der Waals surface area contributed by atoms with Crippen molar-refractivity contribution in [2.24, 2.45) is 0 Å². The topological polar surface area (TPSA) is 69.4 Å². The minimum atomic E-state index is -0.477. The van der Waals surface area contributed by atoms with Crippen molar-refractivity contribution in [3.8, 4) is 5.75 Å². The van der Waals surface area contributed by atoms with Gasteiger partial charge in [0.05, 0.1) is 12.0 Å². The minimum Gasteiger partial charge on any atom is -0.497 e. The second-order valence-corrected chi connectivity index (χ2v) is 5.37. The molecule has 0 saturated carbocycles. The summed E-state index contributed by atoms with van der Waals surface area (Å²) >= 11 is 0. The summed E-state index contributed by atoms with van der Waals surface area (Å²) in [5.41, 5.74) is 2.83. The van der Waals surface area contributed by atoms with Crippen molar-refractivity contribution in [1.82, 2.24) is 0 Å². The molecule has 5 heteroatoms. The quantitative estimate of drug-likeness (QED) is 0.491. The molecular formula is C18H15NO4. The van der Waals surface area contributed by atoms with Gasteiger partial charge in [0.1, 0.15) is 5.75 Å². The number of fused-ring (bicyclic) bond motifs is 1. The third-order valence-electron chi connectivity index (χ3n) is 3.96. The van der Waals surface area contributed by atoms with E-state index in [0.29, 0.717) is 24.0 Å². The van der Waals surface area contributed by atoms with E-state index in [1.807, 2.05) is 30.3 Å². The molecule has 5 nitrogen and oxygen atoms in total. The highest BCUT2D eigenvalue weighted by Gasteiger charge is 2.24. The van der Waals surface area contributed by atoms with Gasteiger partial charge in [0, 0.05) is 23.3 Å². The van der Waals surface area contributed by atoms with Gasteiger partial charge in [-0.05, 0) is 42.2 Å². The normalized spacial score (nSPS) is 15.3. The molecule has 1 aliphatic rings. The van der Waals surface area contributed by atoms with Crippen molar-refractivity contribution >= 4 is 17.5 Å². The average Bonchev–Trinajstić information content (AvgIpc) is 2.58. The summed E-state index contributed by atoms with van der Waals surface area (Å²) in [6, 6.07) is 11.9. The van der Waals surface area contributed by atoms with Crippen LogP contribution in [0.15, 0.2) is 48.0 Å². The molecule has 0 unspecified atom stereocenters. The Morgan fingerprint density at radius 3 is 2.52 bits per heavy atom. The van der Waals surface area contributed by atoms with E-state index in [9.17, 15) is 14.9 Å². The first-order valence-corrected chi connectivity index (χ1v) is 7.25. The van der Waals surface area contributed by atoms with Crippen molar-refractivity contribution in [2.45, 2.75) is 12.8 Å². The van der Waals surface area contributed by atoms with Crippen LogP contribution in [0.2, 0.25) is 0 Å². The van der Waals surface area contributed by atoms with E-state index in [1.54, 1.807) is 13.2 Å². The van der Waals surface area contributed by atoms with E-state index in [-0.39, 0.29) is 11.5 Å². The van der Waals surface area contributed by atoms with Crippen LogP contribution >= 0.6 is 0 Å². The van der Waals surface area contributed by atoms with Crippen LogP contribution in [0.5, 0.6) is 5.75 Å². The van der Waals surface area contributed by atoms with Crippen LogP contribution in [0.3, 0.4) is 0 Å². The molecule has 0 fully saturated rings. The van der Waals surface area contributed by atoms with Gasteiger partial charge in [-0.3, -0.25) is 14.9 Å². The Morgan fingerprint density at radius 1 is 1.13 bits per heavy atom. The number of allylic oxidation sites excluding steroid dienone is 1. The maximum Gasteiger partial charge on any atom is 0.270 e. The van der Waals surface area contributed by atoms with Gasteiger partial charge in [0.15, 0.2) is 5.78 Å². The number of Topliss-reactive ketones (excluding diaryl/α,β-unsaturated/α-hetero) is 1. The van der Waals surface area contributed by atoms with Crippen LogP contribution in [-0.2, 0) is 6.42 Å². The summed E-state index contributed by atoms with van der Waals surface area (Å²) < 4.78 is 5.11. The first-order chi connectivity index (χ1) is 11.1. The number of hydrogen-bond acceptors (Lipinski definition) is 4. The number of ketones is 1. The fourth-order valence-corrected chi connectivity index (χ4v) is 2.70. The van der Waals surface area contributed by atoms with Gasteiger partial charge < -0.3 is 4.74 Å². The fraction of sp³-hybridized carbons (Fsp3) is 0.167. The summed E-state index contributed by atoms with van der Waals surface area (Å²) in [7, 11) is 1.60. The minimum absolute atomic E-state index is 0.0530. The van der Waals surface area contributed by atoms with Gasteiger partial charge in [-0.15, -0.1) is 0 Å². The number of carbonyl (C=O) groups excluding carboxylic acids is 1. The average molecular weight is 309 g/mol. The largest absolute Gasteiger partial charge is 0.497 e. The van der Waals surface area contributed by atoms with E-state index in [0.717, 1.165) is 16.9 Å². The van der Waals surface area contributed by atoms with E-state index in [1.165, 1.54) is 12.1 Å². The van der Waals surface area contributed by atoms with E-state index in [4.69, 9.17) is 4.74 Å². The number of nitro benzene ring substituents is 1. The number of hydrogen-bond donors (Lipinski definition) is 0. The first-order valence-electron chi connectivity index (χ1n) is 7.25. The monoisotopic (exact) mass is 309 g/mol. The molecule has 3 rings (SSSR count). The lowest BCUT2D eigenvalue weighted by Crippen LogP contribution is -2.14. The van der Waals surface area contributed by atoms with E-state index >= 15 is 0 Å². The zero-order valence-electron chi connectivity index (χ0n) is 12.6. The molecule has 0 bridgehead atoms. The number of aryl methyl sites for hydroxylation is 1. The van der Waals surface area contributed by atoms with Gasteiger partial charge in [-0.2, -0.15) is 0 Å². The lowest BCUT2D eigenvalue weighted by Gasteiger charge is -2.17. The smallest absolute Gasteiger partial charge is 0.270 e. The number of benzene rings is 2. The lowest BCUT2D eigenvalue weighted by molar-refractivity contribution is -0.384. The Kier molecular flexibility index (Phi) is 3.93. The van der Waals surface area contributed by atoms with Gasteiger partial charge in [-0.1, -0.05) is 18.2 Å². The first kappa shape index (κ1) is 15.0. The molecule has 0 radical (unpaired) electrons.